The molecule has 5 rings (SSSR count). The van der Waals surface area contributed by atoms with Gasteiger partial charge in [-0.15, -0.1) is 10.2 Å². The van der Waals surface area contributed by atoms with Gasteiger partial charge in [0.05, 0.1) is 5.41 Å². The van der Waals surface area contributed by atoms with Crippen molar-refractivity contribution < 1.29 is 9.87 Å². The van der Waals surface area contributed by atoms with Crippen molar-refractivity contribution in [3.63, 3.8) is 0 Å². The summed E-state index contributed by atoms with van der Waals surface area (Å²) in [5.41, 5.74) is 0.791. The molecule has 0 unspecified atom stereocenters. The minimum absolute atomic E-state index is 0. The van der Waals surface area contributed by atoms with E-state index in [4.69, 9.17) is 11.6 Å². The number of halogens is 2. The Morgan fingerprint density at radius 3 is 2.25 bits per heavy atom. The van der Waals surface area contributed by atoms with E-state index in [0.29, 0.717) is 29.8 Å². The lowest BCUT2D eigenvalue weighted by atomic mass is 9.62. The van der Waals surface area contributed by atoms with Gasteiger partial charge in [0, 0.05) is 17.0 Å². The van der Waals surface area contributed by atoms with Crippen LogP contribution in [0.5, 0.6) is 0 Å². The molecule has 6 heteroatoms. The number of rotatable bonds is 4. The van der Waals surface area contributed by atoms with Crippen LogP contribution in [-0.2, 0) is 5.41 Å². The predicted molar refractivity (Wildman–Crippen MR) is 90.2 cm³/mol. The molecular weight excluding hydrogens is 329 g/mol. The van der Waals surface area contributed by atoms with Crippen LogP contribution in [-0.4, -0.2) is 26.4 Å². The van der Waals surface area contributed by atoms with E-state index in [0.717, 1.165) is 17.2 Å². The van der Waals surface area contributed by atoms with E-state index in [-0.39, 0.29) is 10.9 Å². The first-order chi connectivity index (χ1) is 11.2. The fraction of sp³-hybridized carbons (Fsp3) is 0.556. The third-order valence-electron chi connectivity index (χ3n) is 5.54. The molecule has 0 bridgehead atoms. The molecule has 3 aliphatic carbocycles. The maximum Gasteiger partial charge on any atom is 0.144 e. The first-order valence-electron chi connectivity index (χ1n) is 8.53. The summed E-state index contributed by atoms with van der Waals surface area (Å²) in [5, 5.41) is 9.81. The minimum atomic E-state index is -0.751. The number of nitrogens with zero attached hydrogens (tertiary/aromatic N) is 3. The van der Waals surface area contributed by atoms with E-state index in [1.54, 1.807) is 0 Å². The van der Waals surface area contributed by atoms with Gasteiger partial charge in [-0.2, -0.15) is 0 Å². The van der Waals surface area contributed by atoms with Crippen LogP contribution >= 0.6 is 11.6 Å². The molecule has 4 nitrogen and oxygen atoms in total. The van der Waals surface area contributed by atoms with E-state index in [2.05, 4.69) is 14.8 Å². The third-order valence-corrected chi connectivity index (χ3v) is 5.79. The standard InChI is InChI=1S/C18H19ClFN3.H2O/c19-13-5-3-12(4-6-13)18(9-14(20)10-18)17-22-21-16(11-1-2-11)23(17)15-7-8-15;/h3-6,11,14-15H,1-2,7-10H2;1H2/t14-,18-;. The molecule has 3 saturated carbocycles. The quantitative estimate of drug-likeness (QED) is 0.844. The van der Waals surface area contributed by atoms with Gasteiger partial charge in [-0.3, -0.25) is 0 Å². The summed E-state index contributed by atoms with van der Waals surface area (Å²) in [5.74, 6) is 2.69. The summed E-state index contributed by atoms with van der Waals surface area (Å²) in [7, 11) is 0. The zero-order valence-electron chi connectivity index (χ0n) is 13.4. The van der Waals surface area contributed by atoms with Crippen LogP contribution in [0.2, 0.25) is 5.02 Å². The smallest absolute Gasteiger partial charge is 0.144 e. The Kier molecular flexibility index (Phi) is 3.69. The Morgan fingerprint density at radius 1 is 1.04 bits per heavy atom. The number of hydrogen-bond acceptors (Lipinski definition) is 2. The van der Waals surface area contributed by atoms with Gasteiger partial charge in [0.1, 0.15) is 17.8 Å². The molecule has 3 aliphatic rings. The molecule has 0 amide bonds. The summed E-state index contributed by atoms with van der Waals surface area (Å²) in [6.07, 6.45) is 5.07. The predicted octanol–water partition coefficient (Wildman–Crippen LogP) is 3.74. The van der Waals surface area contributed by atoms with Crippen molar-refractivity contribution in [2.75, 3.05) is 0 Å². The summed E-state index contributed by atoms with van der Waals surface area (Å²) < 4.78 is 16.3. The lowest BCUT2D eigenvalue weighted by molar-refractivity contribution is 0.113. The molecule has 0 aliphatic heterocycles. The van der Waals surface area contributed by atoms with Crippen LogP contribution in [0.4, 0.5) is 4.39 Å². The van der Waals surface area contributed by atoms with Gasteiger partial charge in [0.15, 0.2) is 0 Å². The molecule has 0 saturated heterocycles. The summed E-state index contributed by atoms with van der Waals surface area (Å²) in [4.78, 5) is 0. The van der Waals surface area contributed by atoms with Crippen LogP contribution in [0.1, 0.15) is 67.7 Å². The van der Waals surface area contributed by atoms with Crippen LogP contribution < -0.4 is 0 Å². The molecule has 0 atom stereocenters. The van der Waals surface area contributed by atoms with Gasteiger partial charge in [-0.25, -0.2) is 4.39 Å². The Balaban J connectivity index is 0.00000146. The fourth-order valence-corrected chi connectivity index (χ4v) is 4.08. The highest BCUT2D eigenvalue weighted by molar-refractivity contribution is 6.30. The lowest BCUT2D eigenvalue weighted by Gasteiger charge is -2.44. The van der Waals surface area contributed by atoms with Gasteiger partial charge >= 0.3 is 0 Å². The van der Waals surface area contributed by atoms with E-state index >= 15 is 0 Å². The molecular formula is C18H21ClFN3O. The van der Waals surface area contributed by atoms with E-state index in [1.165, 1.54) is 25.7 Å². The van der Waals surface area contributed by atoms with Crippen molar-refractivity contribution in [1.82, 2.24) is 14.8 Å². The van der Waals surface area contributed by atoms with Gasteiger partial charge in [0.2, 0.25) is 0 Å². The second-order valence-electron chi connectivity index (χ2n) is 7.35. The minimum Gasteiger partial charge on any atom is -0.412 e. The van der Waals surface area contributed by atoms with Crippen LogP contribution in [0, 0.1) is 0 Å². The monoisotopic (exact) mass is 349 g/mol. The number of alkyl halides is 1. The highest BCUT2D eigenvalue weighted by Gasteiger charge is 2.52. The molecule has 128 valence electrons. The van der Waals surface area contributed by atoms with Crippen LogP contribution in [0.15, 0.2) is 24.3 Å². The molecule has 0 radical (unpaired) electrons. The molecule has 2 aromatic rings. The molecule has 1 aromatic carbocycles. The van der Waals surface area contributed by atoms with Crippen molar-refractivity contribution in [2.24, 2.45) is 0 Å². The number of benzene rings is 1. The Hall–Kier alpha value is -1.46. The SMILES string of the molecule is F[C@H]1C[C@](c2ccc(Cl)cc2)(c2nnc(C3CC3)n2C2CC2)C1.O. The average molecular weight is 350 g/mol. The first-order valence-corrected chi connectivity index (χ1v) is 8.90. The molecule has 24 heavy (non-hydrogen) atoms. The highest BCUT2D eigenvalue weighted by Crippen LogP contribution is 2.53. The second kappa shape index (κ2) is 5.53. The summed E-state index contributed by atoms with van der Waals surface area (Å²) >= 11 is 6.04. The van der Waals surface area contributed by atoms with E-state index in [9.17, 15) is 4.39 Å². The van der Waals surface area contributed by atoms with Gasteiger partial charge < -0.3 is 10.0 Å². The molecule has 1 aromatic heterocycles. The fourth-order valence-electron chi connectivity index (χ4n) is 3.96. The van der Waals surface area contributed by atoms with Gasteiger partial charge in [-0.1, -0.05) is 23.7 Å². The largest absolute Gasteiger partial charge is 0.412 e. The summed E-state index contributed by atoms with van der Waals surface area (Å²) in [6, 6.07) is 8.36. The van der Waals surface area contributed by atoms with Crippen molar-refractivity contribution in [3.05, 3.63) is 46.5 Å². The Labute approximate surface area is 145 Å². The maximum absolute atomic E-state index is 13.9. The molecule has 0 spiro atoms. The van der Waals surface area contributed by atoms with E-state index < -0.39 is 6.17 Å². The van der Waals surface area contributed by atoms with Crippen LogP contribution in [0.3, 0.4) is 0 Å². The molecule has 2 N–H and O–H groups in total. The average Bonchev–Trinajstić information content (AvgIpc) is 3.43. The molecule has 3 fully saturated rings. The lowest BCUT2D eigenvalue weighted by Crippen LogP contribution is -2.45. The van der Waals surface area contributed by atoms with Gasteiger partial charge in [0.25, 0.3) is 0 Å². The van der Waals surface area contributed by atoms with Crippen molar-refractivity contribution >= 4 is 11.6 Å². The van der Waals surface area contributed by atoms with E-state index in [1.807, 2.05) is 24.3 Å². The summed E-state index contributed by atoms with van der Waals surface area (Å²) in [6.45, 7) is 0. The second-order valence-corrected chi connectivity index (χ2v) is 7.79. The zero-order chi connectivity index (χ0) is 15.6. The number of aromatic nitrogens is 3. The topological polar surface area (TPSA) is 62.2 Å². The van der Waals surface area contributed by atoms with Crippen LogP contribution in [0.25, 0.3) is 0 Å². The zero-order valence-corrected chi connectivity index (χ0v) is 14.1. The van der Waals surface area contributed by atoms with Crippen molar-refractivity contribution in [1.29, 1.82) is 0 Å². The van der Waals surface area contributed by atoms with Crippen molar-refractivity contribution in [3.8, 4) is 0 Å². The van der Waals surface area contributed by atoms with Crippen molar-refractivity contribution in [2.45, 2.75) is 62.1 Å². The Morgan fingerprint density at radius 2 is 1.71 bits per heavy atom. The third kappa shape index (κ3) is 2.37. The first kappa shape index (κ1) is 16.0. The van der Waals surface area contributed by atoms with Gasteiger partial charge in [-0.05, 0) is 56.2 Å². The highest BCUT2D eigenvalue weighted by atomic mass is 35.5. The number of hydrogen-bond donors (Lipinski definition) is 0. The molecule has 1 heterocycles. The maximum atomic E-state index is 13.9. The normalized spacial score (nSPS) is 29.0. The Bertz CT molecular complexity index is 746.